The van der Waals surface area contributed by atoms with Crippen molar-refractivity contribution in [2.75, 3.05) is 13.2 Å². The third-order valence-electron chi connectivity index (χ3n) is 7.38. The van der Waals surface area contributed by atoms with E-state index < -0.39 is 19.7 Å². The molecule has 0 aromatic heterocycles. The number of ether oxygens (including phenoxy) is 2. The summed E-state index contributed by atoms with van der Waals surface area (Å²) in [6.45, 7) is 0.948. The van der Waals surface area contributed by atoms with Crippen LogP contribution in [0.5, 0.6) is 11.5 Å². The second-order valence-electron chi connectivity index (χ2n) is 10.1. The molecule has 0 N–H and O–H groups in total. The van der Waals surface area contributed by atoms with Crippen molar-refractivity contribution in [3.8, 4) is 23.6 Å². The number of benzene rings is 4. The van der Waals surface area contributed by atoms with Crippen molar-refractivity contribution in [1.29, 1.82) is 10.5 Å². The first-order valence-electron chi connectivity index (χ1n) is 13.9. The number of sulfone groups is 2. The van der Waals surface area contributed by atoms with E-state index >= 15 is 0 Å². The molecule has 1 unspecified atom stereocenters. The number of rotatable bonds is 5. The largest absolute Gasteiger partial charge is 0.493 e. The van der Waals surface area contributed by atoms with Crippen molar-refractivity contribution >= 4 is 25.2 Å². The van der Waals surface area contributed by atoms with E-state index in [1.54, 1.807) is 91.0 Å². The molecule has 0 radical (unpaired) electrons. The number of nitriles is 2. The number of nitrogens with zero attached hydrogens (tertiary/aromatic N) is 2. The van der Waals surface area contributed by atoms with Gasteiger partial charge in [0, 0.05) is 30.4 Å². The highest BCUT2D eigenvalue weighted by Crippen LogP contribution is 2.38. The average molecular weight is 641 g/mol. The topological polar surface area (TPSA) is 134 Å². The summed E-state index contributed by atoms with van der Waals surface area (Å²) < 4.78 is 61.6. The zero-order valence-electron chi connectivity index (χ0n) is 23.6. The third-order valence-corrected chi connectivity index (χ3v) is 10.9. The molecule has 230 valence electrons. The molecule has 4 aromatic rings. The second kappa shape index (κ2) is 14.3. The molecule has 0 saturated carbocycles. The fourth-order valence-electron chi connectivity index (χ4n) is 5.09. The van der Waals surface area contributed by atoms with Crippen molar-refractivity contribution < 1.29 is 26.3 Å². The Labute approximate surface area is 264 Å². The molecule has 6 rings (SSSR count). The van der Waals surface area contributed by atoms with Gasteiger partial charge in [-0.3, -0.25) is 0 Å². The Balaban J connectivity index is 0.000000200. The molecule has 2 heterocycles. The summed E-state index contributed by atoms with van der Waals surface area (Å²) in [5.41, 5.74) is 2.56. The molecule has 0 saturated heterocycles. The van der Waals surface area contributed by atoms with Crippen LogP contribution in [0.1, 0.15) is 43.7 Å². The van der Waals surface area contributed by atoms with Crippen LogP contribution in [-0.2, 0) is 19.7 Å². The lowest BCUT2D eigenvalue weighted by Crippen LogP contribution is -2.14. The highest BCUT2D eigenvalue weighted by atomic mass is 32.2. The van der Waals surface area contributed by atoms with Crippen LogP contribution in [0.2, 0.25) is 0 Å². The summed E-state index contributed by atoms with van der Waals surface area (Å²) in [5, 5.41) is 17.7. The lowest BCUT2D eigenvalue weighted by Gasteiger charge is -2.24. The number of allylic oxidation sites excluding steroid dienone is 1. The van der Waals surface area contributed by atoms with Crippen molar-refractivity contribution in [3.63, 3.8) is 0 Å². The highest BCUT2D eigenvalue weighted by molar-refractivity contribution is 7.91. The second-order valence-corrected chi connectivity index (χ2v) is 14.0. The quantitative estimate of drug-likeness (QED) is 0.210. The maximum atomic E-state index is 12.6. The van der Waals surface area contributed by atoms with E-state index in [1.807, 2.05) is 6.07 Å². The minimum absolute atomic E-state index is 0. The van der Waals surface area contributed by atoms with E-state index in [2.05, 4.69) is 6.07 Å². The van der Waals surface area contributed by atoms with Gasteiger partial charge >= 0.3 is 0 Å². The number of hydrogen-bond donors (Lipinski definition) is 0. The molecule has 10 heteroatoms. The molecule has 4 aromatic carbocycles. The first kappa shape index (κ1) is 33.0. The highest BCUT2D eigenvalue weighted by Gasteiger charge is 2.25. The number of fused-ring (bicyclic) bond motifs is 2. The smallest absolute Gasteiger partial charge is 0.206 e. The average Bonchev–Trinajstić information content (AvgIpc) is 3.06. The van der Waals surface area contributed by atoms with Gasteiger partial charge in [0.15, 0.2) is 0 Å². The zero-order chi connectivity index (χ0) is 31.2. The van der Waals surface area contributed by atoms with Crippen LogP contribution >= 0.6 is 0 Å². The Morgan fingerprint density at radius 3 is 1.84 bits per heavy atom. The van der Waals surface area contributed by atoms with E-state index in [1.165, 1.54) is 12.1 Å². The van der Waals surface area contributed by atoms with E-state index in [0.717, 1.165) is 23.1 Å². The minimum atomic E-state index is -3.57. The maximum Gasteiger partial charge on any atom is 0.206 e. The predicted molar refractivity (Wildman–Crippen MR) is 170 cm³/mol. The summed E-state index contributed by atoms with van der Waals surface area (Å²) >= 11 is 0. The van der Waals surface area contributed by atoms with Gasteiger partial charge < -0.3 is 9.47 Å². The van der Waals surface area contributed by atoms with Crippen molar-refractivity contribution in [2.24, 2.45) is 0 Å². The van der Waals surface area contributed by atoms with Gasteiger partial charge in [-0.2, -0.15) is 10.5 Å². The van der Waals surface area contributed by atoms with Gasteiger partial charge in [-0.15, -0.1) is 0 Å². The van der Waals surface area contributed by atoms with Gasteiger partial charge in [-0.05, 0) is 72.2 Å². The lowest BCUT2D eigenvalue weighted by molar-refractivity contribution is 0.267. The molecule has 45 heavy (non-hydrogen) atoms. The molecule has 1 atom stereocenters. The SMILES string of the molecule is C.N#C/C=C1\CCOc2cc(S(=O)(=O)c3ccccc3)ccc21.N#CCC1CCOc2cc(S(=O)(=O)c3ccccc3)ccc21. The Bertz CT molecular complexity index is 1990. The van der Waals surface area contributed by atoms with Gasteiger partial charge in [0.2, 0.25) is 19.7 Å². The van der Waals surface area contributed by atoms with Gasteiger partial charge in [0.25, 0.3) is 0 Å². The summed E-state index contributed by atoms with van der Waals surface area (Å²) in [7, 11) is -7.11. The molecule has 0 spiro atoms. The standard InChI is InChI=1S/C17H15NO3S.C17H13NO3S.CH4/c2*18-10-8-13-9-11-21-17-12-15(6-7-16(13)17)22(19,20)14-4-2-1-3-5-14;/h1-7,12-13H,8-9,11H2;1-8,12H,9,11H2;1H4/b;13-8+;. The normalized spacial score (nSPS) is 16.0. The molecule has 2 aliphatic heterocycles. The van der Waals surface area contributed by atoms with Crippen LogP contribution in [-0.4, -0.2) is 30.0 Å². The van der Waals surface area contributed by atoms with Crippen LogP contribution in [0.3, 0.4) is 0 Å². The summed E-state index contributed by atoms with van der Waals surface area (Å²) in [6, 6.07) is 30.5. The molecule has 2 aliphatic rings. The van der Waals surface area contributed by atoms with E-state index in [0.29, 0.717) is 37.6 Å². The van der Waals surface area contributed by atoms with Crippen LogP contribution in [0.15, 0.2) is 123 Å². The van der Waals surface area contributed by atoms with Gasteiger partial charge in [0.1, 0.15) is 11.5 Å². The molecule has 0 bridgehead atoms. The van der Waals surface area contributed by atoms with Crippen molar-refractivity contribution in [2.45, 2.75) is 52.2 Å². The van der Waals surface area contributed by atoms with Crippen LogP contribution in [0.25, 0.3) is 5.57 Å². The fourth-order valence-corrected chi connectivity index (χ4v) is 7.69. The Hall–Kier alpha value is -4.90. The Morgan fingerprint density at radius 2 is 1.27 bits per heavy atom. The zero-order valence-corrected chi connectivity index (χ0v) is 25.2. The number of hydrogen-bond acceptors (Lipinski definition) is 8. The van der Waals surface area contributed by atoms with E-state index in [9.17, 15) is 16.8 Å². The maximum absolute atomic E-state index is 12.6. The molecule has 0 amide bonds. The predicted octanol–water partition coefficient (Wildman–Crippen LogP) is 7.14. The van der Waals surface area contributed by atoms with E-state index in [4.69, 9.17) is 20.0 Å². The van der Waals surface area contributed by atoms with Crippen LogP contribution < -0.4 is 9.47 Å². The summed E-state index contributed by atoms with van der Waals surface area (Å²) in [5.74, 6) is 1.19. The molecular formula is C35H32N2O6S2. The molecule has 0 aliphatic carbocycles. The molecule has 8 nitrogen and oxygen atoms in total. The first-order chi connectivity index (χ1) is 21.3. The van der Waals surface area contributed by atoms with Crippen molar-refractivity contribution in [3.05, 3.63) is 114 Å². The Kier molecular flexibility index (Phi) is 10.5. The minimum Gasteiger partial charge on any atom is -0.493 e. The van der Waals surface area contributed by atoms with Gasteiger partial charge in [0.05, 0.1) is 44.9 Å². The third kappa shape index (κ3) is 7.09. The summed E-state index contributed by atoms with van der Waals surface area (Å²) in [4.78, 5) is 0.920. The first-order valence-corrected chi connectivity index (χ1v) is 16.8. The Morgan fingerprint density at radius 1 is 0.711 bits per heavy atom. The summed E-state index contributed by atoms with van der Waals surface area (Å²) in [6.07, 6.45) is 3.32. The van der Waals surface area contributed by atoms with Crippen LogP contribution in [0, 0.1) is 22.7 Å². The van der Waals surface area contributed by atoms with Crippen molar-refractivity contribution in [1.82, 2.24) is 0 Å². The van der Waals surface area contributed by atoms with Gasteiger partial charge in [-0.25, -0.2) is 16.8 Å². The van der Waals surface area contributed by atoms with E-state index in [-0.39, 0.29) is 32.9 Å². The monoisotopic (exact) mass is 640 g/mol. The fraction of sp³-hybridized carbons (Fsp3) is 0.200. The van der Waals surface area contributed by atoms with Crippen LogP contribution in [0.4, 0.5) is 0 Å². The lowest BCUT2D eigenvalue weighted by atomic mass is 9.91. The molecular weight excluding hydrogens is 609 g/mol. The van der Waals surface area contributed by atoms with Gasteiger partial charge in [-0.1, -0.05) is 49.9 Å². The molecule has 0 fully saturated rings.